The van der Waals surface area contributed by atoms with E-state index in [9.17, 15) is 0 Å². The summed E-state index contributed by atoms with van der Waals surface area (Å²) >= 11 is 1.77. The van der Waals surface area contributed by atoms with Crippen LogP contribution in [0.3, 0.4) is 0 Å². The molecule has 1 N–H and O–H groups in total. The standard InChI is InChI=1S/C35H28N4S.H2/c1-4-5-15-31-22(3)27-18-21(2)19-28(32(27)40-31)35-38-33(23-11-7-6-8-12-23)37-34(39-35)24-16-17-26-25-13-9-10-14-29(25)36-30(26)20-24;/h4-17,19-21,36H,3,18H2,1-2H3;1H/b5-4-,31-15+;. The summed E-state index contributed by atoms with van der Waals surface area (Å²) in [5.41, 5.74) is 6.48. The van der Waals surface area contributed by atoms with Crippen LogP contribution in [0.1, 0.15) is 31.5 Å². The number of nitrogens with zero attached hydrogens (tertiary/aromatic N) is 3. The van der Waals surface area contributed by atoms with Crippen molar-refractivity contribution in [2.75, 3.05) is 0 Å². The van der Waals surface area contributed by atoms with E-state index < -0.39 is 0 Å². The number of aromatic amines is 1. The van der Waals surface area contributed by atoms with Gasteiger partial charge >= 0.3 is 0 Å². The van der Waals surface area contributed by atoms with E-state index in [-0.39, 0.29) is 1.43 Å². The molecule has 0 aliphatic heterocycles. The van der Waals surface area contributed by atoms with Crippen molar-refractivity contribution < 1.29 is 1.43 Å². The molecule has 40 heavy (non-hydrogen) atoms. The molecule has 5 heteroatoms. The minimum absolute atomic E-state index is 0. The van der Waals surface area contributed by atoms with Gasteiger partial charge < -0.3 is 4.98 Å². The Balaban J connectivity index is 0.00000302. The van der Waals surface area contributed by atoms with Crippen molar-refractivity contribution in [3.63, 3.8) is 0 Å². The molecule has 0 fully saturated rings. The summed E-state index contributed by atoms with van der Waals surface area (Å²) in [4.78, 5) is 19.9. The molecular formula is C35H30N4S. The predicted molar refractivity (Wildman–Crippen MR) is 170 cm³/mol. The molecule has 1 unspecified atom stereocenters. The molecule has 3 heterocycles. The summed E-state index contributed by atoms with van der Waals surface area (Å²) < 4.78 is 1.19. The Bertz CT molecular complexity index is 2090. The average molecular weight is 539 g/mol. The van der Waals surface area contributed by atoms with Gasteiger partial charge in [0.2, 0.25) is 0 Å². The van der Waals surface area contributed by atoms with Gasteiger partial charge in [0.25, 0.3) is 0 Å². The zero-order chi connectivity index (χ0) is 27.2. The zero-order valence-corrected chi connectivity index (χ0v) is 23.3. The number of para-hydroxylation sites is 1. The number of fused-ring (bicyclic) bond motifs is 4. The van der Waals surface area contributed by atoms with Crippen molar-refractivity contribution in [2.45, 2.75) is 20.3 Å². The first kappa shape index (κ1) is 24.4. The number of hydrogen-bond acceptors (Lipinski definition) is 4. The fourth-order valence-electron chi connectivity index (χ4n) is 5.52. The van der Waals surface area contributed by atoms with E-state index in [0.29, 0.717) is 23.4 Å². The molecule has 3 aromatic heterocycles. The molecule has 1 aliphatic rings. The first-order valence-electron chi connectivity index (χ1n) is 13.6. The smallest absolute Gasteiger partial charge is 0.165 e. The number of aromatic nitrogens is 4. The predicted octanol–water partition coefficient (Wildman–Crippen LogP) is 7.54. The Labute approximate surface area is 238 Å². The maximum atomic E-state index is 5.11. The van der Waals surface area contributed by atoms with E-state index in [4.69, 9.17) is 15.0 Å². The summed E-state index contributed by atoms with van der Waals surface area (Å²) in [5, 5.41) is 3.51. The van der Waals surface area contributed by atoms with Crippen molar-refractivity contribution in [1.82, 2.24) is 19.9 Å². The Morgan fingerprint density at radius 3 is 2.42 bits per heavy atom. The monoisotopic (exact) mass is 538 g/mol. The Morgan fingerprint density at radius 2 is 1.60 bits per heavy atom. The largest absolute Gasteiger partial charge is 0.354 e. The van der Waals surface area contributed by atoms with Crippen LogP contribution in [0.4, 0.5) is 0 Å². The first-order valence-corrected chi connectivity index (χ1v) is 14.4. The number of nitrogens with one attached hydrogen (secondary N) is 1. The van der Waals surface area contributed by atoms with E-state index in [0.717, 1.165) is 39.4 Å². The van der Waals surface area contributed by atoms with Crippen LogP contribution in [0.25, 0.3) is 62.8 Å². The Morgan fingerprint density at radius 1 is 0.875 bits per heavy atom. The maximum absolute atomic E-state index is 5.11. The van der Waals surface area contributed by atoms with Crippen molar-refractivity contribution in [3.8, 4) is 22.8 Å². The number of allylic oxidation sites excluding steroid dienone is 3. The average Bonchev–Trinajstić information content (AvgIpc) is 3.52. The lowest BCUT2D eigenvalue weighted by molar-refractivity contribution is 0.712. The molecule has 7 rings (SSSR count). The van der Waals surface area contributed by atoms with Crippen LogP contribution in [0.15, 0.2) is 91.0 Å². The van der Waals surface area contributed by atoms with Crippen LogP contribution in [-0.4, -0.2) is 19.9 Å². The minimum Gasteiger partial charge on any atom is -0.354 e. The number of H-pyrrole nitrogens is 1. The van der Waals surface area contributed by atoms with Crippen LogP contribution in [-0.2, 0) is 6.42 Å². The molecular weight excluding hydrogens is 508 g/mol. The minimum atomic E-state index is 0. The van der Waals surface area contributed by atoms with E-state index in [1.807, 2.05) is 31.2 Å². The van der Waals surface area contributed by atoms with E-state index in [1.165, 1.54) is 25.7 Å². The van der Waals surface area contributed by atoms with Crippen LogP contribution < -0.4 is 9.75 Å². The van der Waals surface area contributed by atoms with Gasteiger partial charge in [0.05, 0.1) is 0 Å². The van der Waals surface area contributed by atoms with Crippen molar-refractivity contribution in [3.05, 3.63) is 117 Å². The molecule has 3 aromatic carbocycles. The third-order valence-electron chi connectivity index (χ3n) is 7.48. The fourth-order valence-corrected chi connectivity index (χ4v) is 6.74. The lowest BCUT2D eigenvalue weighted by atomic mass is 9.90. The third-order valence-corrected chi connectivity index (χ3v) is 8.76. The van der Waals surface area contributed by atoms with Crippen LogP contribution in [0.2, 0.25) is 0 Å². The van der Waals surface area contributed by atoms with Crippen LogP contribution in [0, 0.1) is 5.92 Å². The van der Waals surface area contributed by atoms with Gasteiger partial charge in [0.1, 0.15) is 0 Å². The molecule has 1 aliphatic carbocycles. The third kappa shape index (κ3) is 4.19. The maximum Gasteiger partial charge on any atom is 0.165 e. The highest BCUT2D eigenvalue weighted by Gasteiger charge is 2.25. The van der Waals surface area contributed by atoms with Crippen molar-refractivity contribution >= 4 is 51.4 Å². The first-order chi connectivity index (χ1) is 19.6. The quantitative estimate of drug-likeness (QED) is 0.252. The molecule has 0 saturated heterocycles. The Hall–Kier alpha value is -4.61. The van der Waals surface area contributed by atoms with Gasteiger partial charge in [-0.1, -0.05) is 92.4 Å². The molecule has 4 nitrogen and oxygen atoms in total. The SMILES string of the molecule is C=c1c2c(s/c1=C/C=C\C)C(c1nc(-c3ccccc3)nc(-c3ccc4c(c3)[nH]c3ccccc34)n1)=CC(C)C2.[HH]. The van der Waals surface area contributed by atoms with Gasteiger partial charge in [-0.2, -0.15) is 0 Å². The van der Waals surface area contributed by atoms with Crippen molar-refractivity contribution in [2.24, 2.45) is 5.92 Å². The highest BCUT2D eigenvalue weighted by Crippen LogP contribution is 2.35. The zero-order valence-electron chi connectivity index (χ0n) is 22.5. The molecule has 0 radical (unpaired) electrons. The normalized spacial score (nSPS) is 15.7. The van der Waals surface area contributed by atoms with E-state index in [1.54, 1.807) is 11.3 Å². The number of benzene rings is 3. The van der Waals surface area contributed by atoms with Crippen molar-refractivity contribution in [1.29, 1.82) is 0 Å². The van der Waals surface area contributed by atoms with Gasteiger partial charge in [0.15, 0.2) is 17.5 Å². The van der Waals surface area contributed by atoms with Gasteiger partial charge in [-0.15, -0.1) is 11.3 Å². The van der Waals surface area contributed by atoms with Gasteiger partial charge in [0, 0.05) is 49.3 Å². The second kappa shape index (κ2) is 9.85. The molecule has 0 saturated carbocycles. The fraction of sp³-hybridized carbons (Fsp3) is 0.114. The summed E-state index contributed by atoms with van der Waals surface area (Å²) in [7, 11) is 0. The van der Waals surface area contributed by atoms with E-state index >= 15 is 0 Å². The van der Waals surface area contributed by atoms with Gasteiger partial charge in [-0.3, -0.25) is 0 Å². The second-order valence-corrected chi connectivity index (χ2v) is 11.4. The van der Waals surface area contributed by atoms with Crippen LogP contribution >= 0.6 is 11.3 Å². The lowest BCUT2D eigenvalue weighted by Gasteiger charge is -2.18. The number of hydrogen-bond donors (Lipinski definition) is 1. The number of rotatable bonds is 4. The lowest BCUT2D eigenvalue weighted by Crippen LogP contribution is -2.22. The molecule has 0 spiro atoms. The highest BCUT2D eigenvalue weighted by molar-refractivity contribution is 7.11. The molecule has 1 atom stereocenters. The highest BCUT2D eigenvalue weighted by atomic mass is 32.1. The summed E-state index contributed by atoms with van der Waals surface area (Å²) in [5.74, 6) is 2.39. The van der Waals surface area contributed by atoms with E-state index in [2.05, 4.69) is 91.3 Å². The van der Waals surface area contributed by atoms with Gasteiger partial charge in [-0.05, 0) is 48.3 Å². The molecule has 0 amide bonds. The summed E-state index contributed by atoms with van der Waals surface area (Å²) in [6.07, 6.45) is 9.56. The second-order valence-electron chi connectivity index (χ2n) is 10.3. The summed E-state index contributed by atoms with van der Waals surface area (Å²) in [6, 6.07) is 25.0. The molecule has 196 valence electrons. The molecule has 6 aromatic rings. The topological polar surface area (TPSA) is 54.5 Å². The molecule has 0 bridgehead atoms. The summed E-state index contributed by atoms with van der Waals surface area (Å²) in [6.45, 7) is 8.73. The Kier molecular flexibility index (Phi) is 6.02. The van der Waals surface area contributed by atoms with Crippen LogP contribution in [0.5, 0.6) is 0 Å². The number of thiophene rings is 1. The van der Waals surface area contributed by atoms with Gasteiger partial charge in [-0.25, -0.2) is 15.0 Å².